The largest absolute Gasteiger partial charge is 0.408 e. The van der Waals surface area contributed by atoms with Crippen molar-refractivity contribution in [2.24, 2.45) is 0 Å². The summed E-state index contributed by atoms with van der Waals surface area (Å²) in [4.78, 5) is 10.2. The Labute approximate surface area is 184 Å². The Morgan fingerprint density at radius 1 is 1.10 bits per heavy atom. The van der Waals surface area contributed by atoms with Crippen molar-refractivity contribution in [2.75, 3.05) is 5.32 Å². The number of aryl methyl sites for hydroxylation is 2. The van der Waals surface area contributed by atoms with Gasteiger partial charge in [0.05, 0.1) is 24.4 Å². The number of nitro groups is 1. The number of rotatable bonds is 8. The standard InChI is InChI=1S/C17H14Cl2N8O2S/c18-12-4-2-1-3-11(12)9-25-7-5-14(23-25)20-17-22-21-15(30-17)6-8-26-10-13(19)16(24-26)27(28)29/h1-5,7,10H,6,8-9H2,(H,20,22,23). The average Bonchev–Trinajstić information content (AvgIpc) is 3.43. The van der Waals surface area contributed by atoms with Crippen LogP contribution in [-0.2, 0) is 19.5 Å². The van der Waals surface area contributed by atoms with Crippen molar-refractivity contribution in [1.29, 1.82) is 0 Å². The van der Waals surface area contributed by atoms with Gasteiger partial charge in [-0.3, -0.25) is 4.68 Å². The minimum Gasteiger partial charge on any atom is -0.358 e. The van der Waals surface area contributed by atoms with Crippen molar-refractivity contribution in [1.82, 2.24) is 29.8 Å². The molecule has 30 heavy (non-hydrogen) atoms. The van der Waals surface area contributed by atoms with Gasteiger partial charge in [-0.15, -0.1) is 10.2 Å². The molecule has 0 saturated carbocycles. The normalized spacial score (nSPS) is 11.0. The molecule has 13 heteroatoms. The summed E-state index contributed by atoms with van der Waals surface area (Å²) in [5.74, 6) is 0.280. The highest BCUT2D eigenvalue weighted by Gasteiger charge is 2.19. The smallest absolute Gasteiger partial charge is 0.358 e. The molecule has 0 radical (unpaired) electrons. The number of aromatic nitrogens is 6. The Balaban J connectivity index is 1.35. The van der Waals surface area contributed by atoms with Crippen molar-refractivity contribution < 1.29 is 4.92 Å². The maximum absolute atomic E-state index is 10.8. The number of nitrogens with zero attached hydrogens (tertiary/aromatic N) is 7. The van der Waals surface area contributed by atoms with Gasteiger partial charge >= 0.3 is 5.82 Å². The first-order chi connectivity index (χ1) is 14.5. The molecule has 4 rings (SSSR count). The van der Waals surface area contributed by atoms with Gasteiger partial charge in [-0.25, -0.2) is 0 Å². The summed E-state index contributed by atoms with van der Waals surface area (Å²) in [7, 11) is 0. The summed E-state index contributed by atoms with van der Waals surface area (Å²) in [6.07, 6.45) is 3.78. The summed E-state index contributed by atoms with van der Waals surface area (Å²) in [5, 5.41) is 32.5. The Morgan fingerprint density at radius 2 is 1.93 bits per heavy atom. The van der Waals surface area contributed by atoms with E-state index in [1.807, 2.05) is 36.5 Å². The van der Waals surface area contributed by atoms with Crippen LogP contribution >= 0.6 is 34.5 Å². The van der Waals surface area contributed by atoms with Gasteiger partial charge in [0.25, 0.3) is 0 Å². The van der Waals surface area contributed by atoms with Crippen molar-refractivity contribution in [2.45, 2.75) is 19.5 Å². The third-order valence-corrected chi connectivity index (χ3v) is 5.59. The number of halogens is 2. The van der Waals surface area contributed by atoms with Gasteiger partial charge in [0.15, 0.2) is 10.8 Å². The minimum atomic E-state index is -0.614. The fourth-order valence-corrected chi connectivity index (χ4v) is 3.82. The summed E-state index contributed by atoms with van der Waals surface area (Å²) in [6.45, 7) is 0.954. The van der Waals surface area contributed by atoms with E-state index in [2.05, 4.69) is 25.7 Å². The fourth-order valence-electron chi connectivity index (χ4n) is 2.67. The first-order valence-electron chi connectivity index (χ1n) is 8.71. The number of hydrogen-bond donors (Lipinski definition) is 1. The Morgan fingerprint density at radius 3 is 2.70 bits per heavy atom. The molecule has 0 atom stereocenters. The van der Waals surface area contributed by atoms with E-state index in [-0.39, 0.29) is 10.8 Å². The molecule has 3 aromatic heterocycles. The zero-order valence-corrected chi connectivity index (χ0v) is 17.6. The molecule has 0 spiro atoms. The molecule has 0 aliphatic heterocycles. The molecule has 154 valence electrons. The molecular formula is C17H14Cl2N8O2S. The summed E-state index contributed by atoms with van der Waals surface area (Å²) in [6, 6.07) is 9.45. The van der Waals surface area contributed by atoms with E-state index in [0.717, 1.165) is 10.6 Å². The molecule has 0 saturated heterocycles. The van der Waals surface area contributed by atoms with Crippen molar-refractivity contribution >= 4 is 51.3 Å². The SMILES string of the molecule is O=[N+]([O-])c1nn(CCc2nnc(Nc3ccn(Cc4ccccc4Cl)n3)s2)cc1Cl. The highest BCUT2D eigenvalue weighted by atomic mass is 35.5. The lowest BCUT2D eigenvalue weighted by molar-refractivity contribution is -0.389. The van der Waals surface area contributed by atoms with Crippen molar-refractivity contribution in [3.8, 4) is 0 Å². The van der Waals surface area contributed by atoms with Crippen LogP contribution in [0.15, 0.2) is 42.7 Å². The topological polar surface area (TPSA) is 117 Å². The fraction of sp³-hybridized carbons (Fsp3) is 0.176. The van der Waals surface area contributed by atoms with Crippen LogP contribution in [0.3, 0.4) is 0 Å². The minimum absolute atomic E-state index is 0.00648. The molecule has 0 aliphatic rings. The number of nitrogens with one attached hydrogen (secondary N) is 1. The van der Waals surface area contributed by atoms with Gasteiger partial charge < -0.3 is 15.4 Å². The molecule has 3 heterocycles. The van der Waals surface area contributed by atoms with Gasteiger partial charge in [0, 0.05) is 23.7 Å². The molecule has 0 unspecified atom stereocenters. The predicted octanol–water partition coefficient (Wildman–Crippen LogP) is 4.18. The van der Waals surface area contributed by atoms with Crippen LogP contribution in [0.1, 0.15) is 10.6 Å². The van der Waals surface area contributed by atoms with E-state index in [0.29, 0.717) is 35.5 Å². The van der Waals surface area contributed by atoms with Crippen LogP contribution in [0.2, 0.25) is 10.0 Å². The quantitative estimate of drug-likeness (QED) is 0.307. The highest BCUT2D eigenvalue weighted by Crippen LogP contribution is 2.23. The van der Waals surface area contributed by atoms with Crippen LogP contribution in [0.5, 0.6) is 0 Å². The van der Waals surface area contributed by atoms with Crippen molar-refractivity contribution in [3.63, 3.8) is 0 Å². The molecule has 1 N–H and O–H groups in total. The van der Waals surface area contributed by atoms with Crippen LogP contribution in [0.25, 0.3) is 0 Å². The average molecular weight is 465 g/mol. The van der Waals surface area contributed by atoms with Gasteiger partial charge in [-0.1, -0.05) is 52.7 Å². The summed E-state index contributed by atoms with van der Waals surface area (Å²) in [5.41, 5.74) is 0.978. The van der Waals surface area contributed by atoms with E-state index < -0.39 is 4.92 Å². The van der Waals surface area contributed by atoms with E-state index in [1.165, 1.54) is 22.2 Å². The zero-order chi connectivity index (χ0) is 21.1. The van der Waals surface area contributed by atoms with Crippen molar-refractivity contribution in [3.05, 3.63) is 73.5 Å². The first-order valence-corrected chi connectivity index (χ1v) is 10.3. The van der Waals surface area contributed by atoms with Gasteiger partial charge in [0.1, 0.15) is 5.01 Å². The lowest BCUT2D eigenvalue weighted by atomic mass is 10.2. The Hall–Kier alpha value is -3.02. The lowest BCUT2D eigenvalue weighted by Crippen LogP contribution is -2.02. The first kappa shape index (κ1) is 20.3. The van der Waals surface area contributed by atoms with Gasteiger partial charge in [-0.05, 0) is 16.6 Å². The maximum Gasteiger partial charge on any atom is 0.408 e. The monoisotopic (exact) mass is 464 g/mol. The molecule has 0 aliphatic carbocycles. The maximum atomic E-state index is 10.8. The third-order valence-electron chi connectivity index (χ3n) is 4.06. The second kappa shape index (κ2) is 8.78. The van der Waals surface area contributed by atoms with E-state index in [9.17, 15) is 10.1 Å². The molecule has 4 aromatic rings. The summed E-state index contributed by atoms with van der Waals surface area (Å²) < 4.78 is 3.20. The van der Waals surface area contributed by atoms with Crippen LogP contribution in [0.4, 0.5) is 16.8 Å². The zero-order valence-electron chi connectivity index (χ0n) is 15.3. The molecular weight excluding hydrogens is 451 g/mol. The third kappa shape index (κ3) is 4.75. The van der Waals surface area contributed by atoms with Crippen LogP contribution in [-0.4, -0.2) is 34.7 Å². The second-order valence-corrected chi connectivity index (χ2v) is 8.06. The summed E-state index contributed by atoms with van der Waals surface area (Å²) >= 11 is 13.4. The van der Waals surface area contributed by atoms with Crippen LogP contribution < -0.4 is 5.32 Å². The predicted molar refractivity (Wildman–Crippen MR) is 114 cm³/mol. The molecule has 0 amide bonds. The van der Waals surface area contributed by atoms with Crippen LogP contribution in [0, 0.1) is 10.1 Å². The van der Waals surface area contributed by atoms with Gasteiger partial charge in [0.2, 0.25) is 5.13 Å². The number of benzene rings is 1. The van der Waals surface area contributed by atoms with E-state index in [1.54, 1.807) is 4.68 Å². The number of anilines is 2. The van der Waals surface area contributed by atoms with E-state index >= 15 is 0 Å². The van der Waals surface area contributed by atoms with E-state index in [4.69, 9.17) is 23.2 Å². The molecule has 1 aromatic carbocycles. The Kier molecular flexibility index (Phi) is 5.93. The molecule has 0 fully saturated rings. The molecule has 10 nitrogen and oxygen atoms in total. The lowest BCUT2D eigenvalue weighted by Gasteiger charge is -2.04. The highest BCUT2D eigenvalue weighted by molar-refractivity contribution is 7.15. The second-order valence-electron chi connectivity index (χ2n) is 6.19. The Bertz CT molecular complexity index is 1190. The molecule has 0 bridgehead atoms. The van der Waals surface area contributed by atoms with Gasteiger partial charge in [-0.2, -0.15) is 9.78 Å². The number of hydrogen-bond acceptors (Lipinski definition) is 8.